The van der Waals surface area contributed by atoms with Crippen molar-refractivity contribution in [2.75, 3.05) is 0 Å². The Kier molecular flexibility index (Phi) is 14.8. The molecule has 0 unspecified atom stereocenters. The van der Waals surface area contributed by atoms with E-state index < -0.39 is 15.3 Å². The molecule has 0 saturated carbocycles. The molecule has 6 rings (SSSR count). The summed E-state index contributed by atoms with van der Waals surface area (Å²) in [4.78, 5) is 42.1. The summed E-state index contributed by atoms with van der Waals surface area (Å²) in [5, 5.41) is 48.8. The SMILES string of the molecule is O=[N+]([O-])[O-].O=[N+]([O-])[O-].O=[N+]([O-])[O-].[Yb+3].c1cnc2c(c1)ccc1cccnc12.c1cnc2c(c1)ccc1cccnc12. The van der Waals surface area contributed by atoms with Crippen molar-refractivity contribution < 1.29 is 62.2 Å². The van der Waals surface area contributed by atoms with Crippen molar-refractivity contribution in [3.8, 4) is 0 Å². The zero-order valence-electron chi connectivity index (χ0n) is 20.3. The minimum atomic E-state index is -1.75. The van der Waals surface area contributed by atoms with Crippen LogP contribution in [-0.2, 0) is 0 Å². The summed E-state index contributed by atoms with van der Waals surface area (Å²) < 4.78 is 0. The van der Waals surface area contributed by atoms with Crippen LogP contribution in [0.3, 0.4) is 0 Å². The molecule has 4 heterocycles. The van der Waals surface area contributed by atoms with Gasteiger partial charge in [-0.2, -0.15) is 0 Å². The summed E-state index contributed by atoms with van der Waals surface area (Å²) in [5.41, 5.74) is 3.91. The average Bonchev–Trinajstić information content (AvgIpc) is 2.92. The number of nitrogens with zero attached hydrogens (tertiary/aromatic N) is 7. The van der Waals surface area contributed by atoms with Gasteiger partial charge < -0.3 is 46.0 Å². The fraction of sp³-hybridized carbons (Fsp3) is 0. The molecule has 0 saturated heterocycles. The Morgan fingerprint density at radius 1 is 0.390 bits per heavy atom. The molecule has 0 amide bonds. The normalized spacial score (nSPS) is 9.17. The van der Waals surface area contributed by atoms with Crippen molar-refractivity contribution >= 4 is 43.6 Å². The Balaban J connectivity index is 0.000000293. The molecule has 0 spiro atoms. The van der Waals surface area contributed by atoms with E-state index in [2.05, 4.69) is 68.5 Å². The number of rotatable bonds is 0. The molecule has 1 radical (unpaired) electrons. The quantitative estimate of drug-likeness (QED) is 0.116. The van der Waals surface area contributed by atoms with Crippen LogP contribution in [0.5, 0.6) is 0 Å². The fourth-order valence-electron chi connectivity index (χ4n) is 3.36. The van der Waals surface area contributed by atoms with E-state index in [0.717, 1.165) is 43.6 Å². The molecule has 41 heavy (non-hydrogen) atoms. The van der Waals surface area contributed by atoms with Crippen LogP contribution in [0.1, 0.15) is 0 Å². The molecule has 16 nitrogen and oxygen atoms in total. The third-order valence-corrected chi connectivity index (χ3v) is 4.69. The molecule has 4 aromatic heterocycles. The van der Waals surface area contributed by atoms with Gasteiger partial charge in [-0.15, -0.1) is 0 Å². The second-order valence-electron chi connectivity index (χ2n) is 7.10. The van der Waals surface area contributed by atoms with Crippen LogP contribution in [0.15, 0.2) is 97.6 Å². The summed E-state index contributed by atoms with van der Waals surface area (Å²) in [6, 6.07) is 24.3. The Morgan fingerprint density at radius 3 is 0.732 bits per heavy atom. The summed E-state index contributed by atoms with van der Waals surface area (Å²) in [7, 11) is 0. The van der Waals surface area contributed by atoms with Crippen molar-refractivity contribution in [2.24, 2.45) is 0 Å². The van der Waals surface area contributed by atoms with Crippen LogP contribution in [0, 0.1) is 92.9 Å². The number of fused-ring (bicyclic) bond motifs is 6. The van der Waals surface area contributed by atoms with Gasteiger partial charge in [0.15, 0.2) is 0 Å². The average molecular weight is 719 g/mol. The molecule has 0 atom stereocenters. The van der Waals surface area contributed by atoms with Crippen molar-refractivity contribution in [1.82, 2.24) is 19.9 Å². The zero-order valence-corrected chi connectivity index (χ0v) is 22.0. The second-order valence-corrected chi connectivity index (χ2v) is 7.10. The van der Waals surface area contributed by atoms with Gasteiger partial charge in [0.05, 0.1) is 37.3 Å². The Bertz CT molecular complexity index is 1500. The molecular formula is C24H16N7O9Yb. The van der Waals surface area contributed by atoms with Gasteiger partial charge in [0, 0.05) is 46.3 Å². The molecule has 0 aliphatic heterocycles. The monoisotopic (exact) mass is 720 g/mol. The van der Waals surface area contributed by atoms with Crippen molar-refractivity contribution in [3.63, 3.8) is 0 Å². The predicted molar refractivity (Wildman–Crippen MR) is 145 cm³/mol. The summed E-state index contributed by atoms with van der Waals surface area (Å²) in [5.74, 6) is 0. The maximum Gasteiger partial charge on any atom is 3.00 e. The maximum absolute atomic E-state index is 8.25. The van der Waals surface area contributed by atoms with Crippen molar-refractivity contribution in [1.29, 1.82) is 0 Å². The van der Waals surface area contributed by atoms with E-state index in [0.29, 0.717) is 0 Å². The maximum atomic E-state index is 8.25. The van der Waals surface area contributed by atoms with E-state index in [1.54, 1.807) is 24.8 Å². The first-order chi connectivity index (χ1) is 19.1. The molecule has 2 aromatic carbocycles. The topological polar surface area (TPSA) is 250 Å². The molecule has 215 valence electrons. The van der Waals surface area contributed by atoms with E-state index in [9.17, 15) is 0 Å². The summed E-state index contributed by atoms with van der Waals surface area (Å²) >= 11 is 0. The summed E-state index contributed by atoms with van der Waals surface area (Å²) in [6.07, 6.45) is 7.21. The van der Waals surface area contributed by atoms with Gasteiger partial charge >= 0.3 is 46.9 Å². The second kappa shape index (κ2) is 17.7. The van der Waals surface area contributed by atoms with E-state index >= 15 is 0 Å². The Morgan fingerprint density at radius 2 is 0.561 bits per heavy atom. The first-order valence-corrected chi connectivity index (χ1v) is 10.7. The number of hydrogen-bond acceptors (Lipinski definition) is 13. The predicted octanol–water partition coefficient (Wildman–Crippen LogP) is 4.85. The molecule has 0 aliphatic carbocycles. The van der Waals surface area contributed by atoms with Crippen LogP contribution in [0.25, 0.3) is 43.6 Å². The zero-order chi connectivity index (χ0) is 29.5. The molecule has 6 aromatic rings. The third kappa shape index (κ3) is 11.9. The summed E-state index contributed by atoms with van der Waals surface area (Å²) in [6.45, 7) is 0. The molecule has 0 bridgehead atoms. The molecule has 0 fully saturated rings. The van der Waals surface area contributed by atoms with Crippen LogP contribution in [0.4, 0.5) is 0 Å². The first kappa shape index (κ1) is 34.2. The van der Waals surface area contributed by atoms with Gasteiger partial charge in [-0.3, -0.25) is 19.9 Å². The first-order valence-electron chi connectivity index (χ1n) is 10.7. The smallest absolute Gasteiger partial charge is 0.356 e. The van der Waals surface area contributed by atoms with Crippen LogP contribution >= 0.6 is 0 Å². The number of hydrogen-bond donors (Lipinski definition) is 0. The van der Waals surface area contributed by atoms with Crippen LogP contribution in [0.2, 0.25) is 0 Å². The van der Waals surface area contributed by atoms with Crippen LogP contribution in [-0.4, -0.2) is 35.2 Å². The van der Waals surface area contributed by atoms with Gasteiger partial charge in [0.1, 0.15) is 0 Å². The van der Waals surface area contributed by atoms with E-state index in [-0.39, 0.29) is 46.9 Å². The molecule has 17 heteroatoms. The van der Waals surface area contributed by atoms with E-state index in [1.807, 2.05) is 24.3 Å². The standard InChI is InChI=1S/2C12H8N2.3NO3.Yb/c2*1-3-9-5-6-10-4-2-8-14-12(10)11(9)13-7-1;3*2-1(3)4;/h2*1-8H;;;;/q;;3*-1;+3. The van der Waals surface area contributed by atoms with E-state index in [1.165, 1.54) is 0 Å². The van der Waals surface area contributed by atoms with Gasteiger partial charge in [0.25, 0.3) is 0 Å². The third-order valence-electron chi connectivity index (χ3n) is 4.69. The van der Waals surface area contributed by atoms with Gasteiger partial charge in [-0.1, -0.05) is 48.5 Å². The van der Waals surface area contributed by atoms with Gasteiger partial charge in [-0.25, -0.2) is 0 Å². The molecule has 0 aliphatic rings. The molecule has 0 N–H and O–H groups in total. The van der Waals surface area contributed by atoms with Gasteiger partial charge in [-0.05, 0) is 24.3 Å². The Labute approximate surface area is 267 Å². The van der Waals surface area contributed by atoms with Gasteiger partial charge in [0.2, 0.25) is 0 Å². The Hall–Kier alpha value is -4.80. The fourth-order valence-corrected chi connectivity index (χ4v) is 3.36. The van der Waals surface area contributed by atoms with E-state index in [4.69, 9.17) is 46.0 Å². The molecular weight excluding hydrogens is 703 g/mol. The minimum absolute atomic E-state index is 0. The number of pyridine rings is 4. The van der Waals surface area contributed by atoms with Crippen molar-refractivity contribution in [2.45, 2.75) is 0 Å². The largest absolute Gasteiger partial charge is 3.00 e. The van der Waals surface area contributed by atoms with Crippen molar-refractivity contribution in [3.05, 3.63) is 144 Å². The minimum Gasteiger partial charge on any atom is -0.356 e. The number of aromatic nitrogens is 4. The van der Waals surface area contributed by atoms with Crippen LogP contribution < -0.4 is 0 Å². The number of benzene rings is 2.